The molecule has 0 bridgehead atoms. The van der Waals surface area contributed by atoms with Crippen LogP contribution in [0, 0.1) is 0 Å². The molecule has 0 spiro atoms. The summed E-state index contributed by atoms with van der Waals surface area (Å²) in [4.78, 5) is 15.6. The van der Waals surface area contributed by atoms with Gasteiger partial charge in [0.05, 0.1) is 6.04 Å². The van der Waals surface area contributed by atoms with E-state index in [1.165, 1.54) is 0 Å². The molecule has 20 heavy (non-hydrogen) atoms. The second-order valence-electron chi connectivity index (χ2n) is 5.15. The van der Waals surface area contributed by atoms with Gasteiger partial charge in [-0.3, -0.25) is 4.79 Å². The molecular weight excluding hydrogens is 258 g/mol. The van der Waals surface area contributed by atoms with Crippen LogP contribution >= 0.6 is 0 Å². The lowest BCUT2D eigenvalue weighted by Crippen LogP contribution is -2.37. The zero-order valence-electron chi connectivity index (χ0n) is 12.4. The van der Waals surface area contributed by atoms with Crippen LogP contribution in [0.25, 0.3) is 0 Å². The minimum absolute atomic E-state index is 0.0175. The number of likely N-dealkylation sites (tertiary alicyclic amines) is 1. The van der Waals surface area contributed by atoms with Crippen molar-refractivity contribution >= 4 is 11.9 Å². The Morgan fingerprint density at radius 2 is 2.15 bits per heavy atom. The Morgan fingerprint density at radius 3 is 2.80 bits per heavy atom. The largest absolute Gasteiger partial charge is 0.406 e. The summed E-state index contributed by atoms with van der Waals surface area (Å²) in [6.45, 7) is 6.82. The number of anilines is 1. The number of hydrogen-bond acceptors (Lipinski definition) is 6. The first kappa shape index (κ1) is 14.8. The molecule has 1 saturated heterocycles. The summed E-state index contributed by atoms with van der Waals surface area (Å²) in [6.07, 6.45) is 2.20. The first-order valence-corrected chi connectivity index (χ1v) is 7.17. The van der Waals surface area contributed by atoms with E-state index in [4.69, 9.17) is 4.42 Å². The van der Waals surface area contributed by atoms with Crippen LogP contribution in [0.2, 0.25) is 0 Å². The summed E-state index contributed by atoms with van der Waals surface area (Å²) >= 11 is 0. The number of nitrogens with one attached hydrogen (secondary N) is 1. The summed E-state index contributed by atoms with van der Waals surface area (Å²) < 4.78 is 5.59. The summed E-state index contributed by atoms with van der Waals surface area (Å²) in [6, 6.07) is 0.404. The molecule has 1 amide bonds. The van der Waals surface area contributed by atoms with Crippen LogP contribution in [0.4, 0.5) is 6.01 Å². The first-order chi connectivity index (χ1) is 9.61. The lowest BCUT2D eigenvalue weighted by atomic mass is 10.3. The number of carbonyl (C=O) groups excluding carboxylic acids is 1. The van der Waals surface area contributed by atoms with Gasteiger partial charge in [-0.25, -0.2) is 0 Å². The fourth-order valence-corrected chi connectivity index (χ4v) is 2.29. The summed E-state index contributed by atoms with van der Waals surface area (Å²) in [7, 11) is 1.79. The zero-order valence-corrected chi connectivity index (χ0v) is 12.4. The fraction of sp³-hybridized carbons (Fsp3) is 0.769. The zero-order chi connectivity index (χ0) is 14.5. The van der Waals surface area contributed by atoms with Crippen molar-refractivity contribution in [1.82, 2.24) is 20.4 Å². The van der Waals surface area contributed by atoms with Crippen molar-refractivity contribution < 1.29 is 9.21 Å². The average molecular weight is 281 g/mol. The maximum absolute atomic E-state index is 12.1. The highest BCUT2D eigenvalue weighted by molar-refractivity contribution is 5.80. The van der Waals surface area contributed by atoms with Gasteiger partial charge in [-0.05, 0) is 26.3 Å². The van der Waals surface area contributed by atoms with E-state index in [0.29, 0.717) is 11.9 Å². The molecule has 1 unspecified atom stereocenters. The standard InChI is InChI=1S/C13H23N5O2/c1-4-14-10(2)12-15-16-13(20-12)17(3)9-11(19)18-7-5-6-8-18/h10,14H,4-9H2,1-3H3. The molecule has 0 radical (unpaired) electrons. The molecule has 1 aromatic heterocycles. The number of likely N-dealkylation sites (N-methyl/N-ethyl adjacent to an activating group) is 1. The number of nitrogens with zero attached hydrogens (tertiary/aromatic N) is 4. The van der Waals surface area contributed by atoms with E-state index in [1.54, 1.807) is 11.9 Å². The number of amides is 1. The van der Waals surface area contributed by atoms with Gasteiger partial charge in [0.25, 0.3) is 0 Å². The van der Waals surface area contributed by atoms with E-state index in [1.807, 2.05) is 18.7 Å². The molecule has 0 aromatic carbocycles. The van der Waals surface area contributed by atoms with Crippen molar-refractivity contribution in [3.05, 3.63) is 5.89 Å². The second kappa shape index (κ2) is 6.69. The van der Waals surface area contributed by atoms with Gasteiger partial charge in [0, 0.05) is 20.1 Å². The summed E-state index contributed by atoms with van der Waals surface area (Å²) in [5.41, 5.74) is 0. The predicted octanol–water partition coefficient (Wildman–Crippen LogP) is 0.799. The molecule has 1 aliphatic heterocycles. The van der Waals surface area contributed by atoms with E-state index in [-0.39, 0.29) is 18.5 Å². The maximum Gasteiger partial charge on any atom is 0.318 e. The van der Waals surface area contributed by atoms with Crippen molar-refractivity contribution in [3.63, 3.8) is 0 Å². The van der Waals surface area contributed by atoms with Crippen LogP contribution in [0.3, 0.4) is 0 Å². The number of hydrogen-bond donors (Lipinski definition) is 1. The molecule has 7 nitrogen and oxygen atoms in total. The lowest BCUT2D eigenvalue weighted by molar-refractivity contribution is -0.128. The third-order valence-electron chi connectivity index (χ3n) is 3.47. The molecule has 1 fully saturated rings. The molecule has 1 aliphatic rings. The molecule has 0 saturated carbocycles. The second-order valence-corrected chi connectivity index (χ2v) is 5.15. The molecule has 2 rings (SSSR count). The molecule has 1 N–H and O–H groups in total. The minimum atomic E-state index is 0.0175. The molecule has 0 aliphatic carbocycles. The SMILES string of the molecule is CCNC(C)c1nnc(N(C)CC(=O)N2CCCC2)o1. The topological polar surface area (TPSA) is 74.5 Å². The molecule has 7 heteroatoms. The van der Waals surface area contributed by atoms with Crippen LogP contribution in [-0.4, -0.2) is 54.2 Å². The van der Waals surface area contributed by atoms with Crippen molar-refractivity contribution in [2.24, 2.45) is 0 Å². The van der Waals surface area contributed by atoms with Crippen LogP contribution in [0.5, 0.6) is 0 Å². The smallest absolute Gasteiger partial charge is 0.318 e. The van der Waals surface area contributed by atoms with Crippen LogP contribution in [0.15, 0.2) is 4.42 Å². The maximum atomic E-state index is 12.1. The van der Waals surface area contributed by atoms with Gasteiger partial charge in [-0.15, -0.1) is 5.10 Å². The highest BCUT2D eigenvalue weighted by Crippen LogP contribution is 2.16. The third kappa shape index (κ3) is 3.47. The van der Waals surface area contributed by atoms with E-state index < -0.39 is 0 Å². The van der Waals surface area contributed by atoms with Crippen molar-refractivity contribution in [3.8, 4) is 0 Å². The summed E-state index contributed by atoms with van der Waals surface area (Å²) in [5, 5.41) is 11.2. The number of aromatic nitrogens is 2. The van der Waals surface area contributed by atoms with Crippen molar-refractivity contribution in [2.45, 2.75) is 32.7 Å². The lowest BCUT2D eigenvalue weighted by Gasteiger charge is -2.19. The molecule has 1 aromatic rings. The molecule has 112 valence electrons. The van der Waals surface area contributed by atoms with Gasteiger partial charge < -0.3 is 19.5 Å². The Kier molecular flexibility index (Phi) is 4.94. The van der Waals surface area contributed by atoms with E-state index in [0.717, 1.165) is 32.5 Å². The number of rotatable bonds is 6. The minimum Gasteiger partial charge on any atom is -0.406 e. The average Bonchev–Trinajstić information content (AvgIpc) is 3.10. The number of carbonyl (C=O) groups is 1. The van der Waals surface area contributed by atoms with E-state index in [9.17, 15) is 4.79 Å². The van der Waals surface area contributed by atoms with Crippen molar-refractivity contribution in [2.75, 3.05) is 38.1 Å². The Balaban J connectivity index is 1.91. The fourth-order valence-electron chi connectivity index (χ4n) is 2.29. The Labute approximate surface area is 119 Å². The third-order valence-corrected chi connectivity index (χ3v) is 3.47. The van der Waals surface area contributed by atoms with E-state index in [2.05, 4.69) is 15.5 Å². The van der Waals surface area contributed by atoms with E-state index >= 15 is 0 Å². The summed E-state index contributed by atoms with van der Waals surface area (Å²) in [5.74, 6) is 0.659. The van der Waals surface area contributed by atoms with Gasteiger partial charge in [0.2, 0.25) is 11.8 Å². The highest BCUT2D eigenvalue weighted by Gasteiger charge is 2.22. The molecular formula is C13H23N5O2. The van der Waals surface area contributed by atoms with Gasteiger partial charge in [0.1, 0.15) is 6.54 Å². The Bertz CT molecular complexity index is 442. The highest BCUT2D eigenvalue weighted by atomic mass is 16.4. The Hall–Kier alpha value is -1.63. The first-order valence-electron chi connectivity index (χ1n) is 7.17. The van der Waals surface area contributed by atoms with Crippen LogP contribution < -0.4 is 10.2 Å². The Morgan fingerprint density at radius 1 is 1.45 bits per heavy atom. The van der Waals surface area contributed by atoms with Gasteiger partial charge in [0.15, 0.2) is 0 Å². The van der Waals surface area contributed by atoms with Gasteiger partial charge >= 0.3 is 6.01 Å². The predicted molar refractivity (Wildman–Crippen MR) is 75.5 cm³/mol. The van der Waals surface area contributed by atoms with Crippen LogP contribution in [0.1, 0.15) is 38.6 Å². The van der Waals surface area contributed by atoms with Gasteiger partial charge in [-0.1, -0.05) is 12.0 Å². The van der Waals surface area contributed by atoms with Crippen molar-refractivity contribution in [1.29, 1.82) is 0 Å². The molecule has 1 atom stereocenters. The van der Waals surface area contributed by atoms with Crippen LogP contribution in [-0.2, 0) is 4.79 Å². The normalized spacial score (nSPS) is 16.4. The van der Waals surface area contributed by atoms with Gasteiger partial charge in [-0.2, -0.15) is 0 Å². The monoisotopic (exact) mass is 281 g/mol. The quantitative estimate of drug-likeness (QED) is 0.831. The molecule has 2 heterocycles.